The largest absolute Gasteiger partial charge is 0.339 e. The van der Waals surface area contributed by atoms with Gasteiger partial charge >= 0.3 is 0 Å². The van der Waals surface area contributed by atoms with Crippen molar-refractivity contribution in [2.75, 3.05) is 26.2 Å². The van der Waals surface area contributed by atoms with Gasteiger partial charge in [0.25, 0.3) is 0 Å². The molecule has 2 rings (SSSR count). The Kier molecular flexibility index (Phi) is 8.73. The van der Waals surface area contributed by atoms with Crippen molar-refractivity contribution >= 4 is 18.3 Å². The van der Waals surface area contributed by atoms with Gasteiger partial charge in [-0.3, -0.25) is 9.69 Å². The van der Waals surface area contributed by atoms with Gasteiger partial charge < -0.3 is 10.6 Å². The zero-order valence-corrected chi connectivity index (χ0v) is 15.1. The molecule has 0 aromatic carbocycles. The molecule has 2 fully saturated rings. The molecule has 1 aliphatic carbocycles. The molecule has 2 unspecified atom stereocenters. The van der Waals surface area contributed by atoms with Crippen molar-refractivity contribution in [3.63, 3.8) is 0 Å². The van der Waals surface area contributed by atoms with Crippen LogP contribution in [0.2, 0.25) is 0 Å². The average Bonchev–Trinajstić information content (AvgIpc) is 2.51. The number of halogens is 1. The summed E-state index contributed by atoms with van der Waals surface area (Å²) in [5.41, 5.74) is 5.92. The van der Waals surface area contributed by atoms with Crippen molar-refractivity contribution in [3.8, 4) is 0 Å². The number of carbonyl (C=O) groups excluding carboxylic acids is 1. The first-order chi connectivity index (χ1) is 10.2. The minimum absolute atomic E-state index is 0. The zero-order valence-electron chi connectivity index (χ0n) is 14.3. The fourth-order valence-corrected chi connectivity index (χ4v) is 4.05. The lowest BCUT2D eigenvalue weighted by Gasteiger charge is -2.40. The van der Waals surface area contributed by atoms with Crippen LogP contribution in [0.25, 0.3) is 0 Å². The molecule has 1 aliphatic heterocycles. The lowest BCUT2D eigenvalue weighted by atomic mass is 9.92. The third-order valence-electron chi connectivity index (χ3n) is 5.39. The van der Waals surface area contributed by atoms with Crippen LogP contribution in [-0.2, 0) is 4.79 Å². The van der Waals surface area contributed by atoms with Crippen molar-refractivity contribution in [2.45, 2.75) is 70.9 Å². The normalized spacial score (nSPS) is 27.2. The maximum atomic E-state index is 12.7. The molecule has 4 nitrogen and oxygen atoms in total. The first-order valence-electron chi connectivity index (χ1n) is 8.89. The molecule has 0 radical (unpaired) electrons. The van der Waals surface area contributed by atoms with E-state index in [1.165, 1.54) is 38.5 Å². The number of likely N-dealkylation sites (N-methyl/N-ethyl adjacent to an activating group) is 1. The number of hydrogen-bond acceptors (Lipinski definition) is 3. The standard InChI is InChI=1S/C17H33N3O.ClH/c1-3-20(15-7-5-4-6-8-15)17(21)13-19-10-9-14(2)11-16(19)12-18;/h14-16H,3-13,18H2,1-2H3;1H. The molecule has 2 atom stereocenters. The summed E-state index contributed by atoms with van der Waals surface area (Å²) in [5.74, 6) is 1.06. The van der Waals surface area contributed by atoms with Gasteiger partial charge in [0.2, 0.25) is 5.91 Å². The van der Waals surface area contributed by atoms with Crippen molar-refractivity contribution in [1.82, 2.24) is 9.80 Å². The molecule has 1 saturated heterocycles. The van der Waals surface area contributed by atoms with E-state index in [1.54, 1.807) is 0 Å². The molecule has 1 heterocycles. The van der Waals surface area contributed by atoms with Crippen molar-refractivity contribution in [1.29, 1.82) is 0 Å². The monoisotopic (exact) mass is 331 g/mol. The Labute approximate surface area is 142 Å². The number of nitrogens with zero attached hydrogens (tertiary/aromatic N) is 2. The topological polar surface area (TPSA) is 49.6 Å². The summed E-state index contributed by atoms with van der Waals surface area (Å²) in [6, 6.07) is 0.874. The molecule has 22 heavy (non-hydrogen) atoms. The van der Waals surface area contributed by atoms with Crippen LogP contribution in [0.3, 0.4) is 0 Å². The fraction of sp³-hybridized carbons (Fsp3) is 0.941. The first kappa shape index (κ1) is 19.7. The van der Waals surface area contributed by atoms with E-state index in [2.05, 4.69) is 23.6 Å². The van der Waals surface area contributed by atoms with Gasteiger partial charge in [-0.05, 0) is 45.1 Å². The Morgan fingerprint density at radius 2 is 1.91 bits per heavy atom. The van der Waals surface area contributed by atoms with E-state index >= 15 is 0 Å². The average molecular weight is 332 g/mol. The van der Waals surface area contributed by atoms with E-state index in [9.17, 15) is 4.79 Å². The summed E-state index contributed by atoms with van der Waals surface area (Å²) < 4.78 is 0. The van der Waals surface area contributed by atoms with Gasteiger partial charge in [-0.25, -0.2) is 0 Å². The molecule has 0 aromatic heterocycles. The molecule has 2 aliphatic rings. The van der Waals surface area contributed by atoms with Crippen LogP contribution >= 0.6 is 12.4 Å². The highest BCUT2D eigenvalue weighted by molar-refractivity contribution is 5.85. The van der Waals surface area contributed by atoms with Gasteiger partial charge in [0, 0.05) is 25.2 Å². The molecule has 0 spiro atoms. The summed E-state index contributed by atoms with van der Waals surface area (Å²) in [7, 11) is 0. The van der Waals surface area contributed by atoms with Crippen LogP contribution in [0.1, 0.15) is 58.8 Å². The summed E-state index contributed by atoms with van der Waals surface area (Å²) in [5, 5.41) is 0. The predicted molar refractivity (Wildman–Crippen MR) is 94.3 cm³/mol. The van der Waals surface area contributed by atoms with Gasteiger partial charge in [-0.2, -0.15) is 0 Å². The van der Waals surface area contributed by atoms with Crippen LogP contribution < -0.4 is 5.73 Å². The number of amides is 1. The third-order valence-corrected chi connectivity index (χ3v) is 5.39. The van der Waals surface area contributed by atoms with E-state index in [0.717, 1.165) is 25.4 Å². The number of rotatable bonds is 5. The lowest BCUT2D eigenvalue weighted by molar-refractivity contribution is -0.136. The second-order valence-electron chi connectivity index (χ2n) is 6.96. The zero-order chi connectivity index (χ0) is 15.2. The van der Waals surface area contributed by atoms with Gasteiger partial charge in [-0.1, -0.05) is 26.2 Å². The van der Waals surface area contributed by atoms with Crippen LogP contribution in [0.15, 0.2) is 0 Å². The first-order valence-corrected chi connectivity index (χ1v) is 8.89. The molecule has 5 heteroatoms. The minimum atomic E-state index is 0. The van der Waals surface area contributed by atoms with E-state index in [1.807, 2.05) is 0 Å². The van der Waals surface area contributed by atoms with Crippen molar-refractivity contribution < 1.29 is 4.79 Å². The van der Waals surface area contributed by atoms with Crippen LogP contribution in [0.4, 0.5) is 0 Å². The third kappa shape index (κ3) is 5.10. The second-order valence-corrected chi connectivity index (χ2v) is 6.96. The van der Waals surface area contributed by atoms with Crippen molar-refractivity contribution in [3.05, 3.63) is 0 Å². The molecule has 0 aromatic rings. The predicted octanol–water partition coefficient (Wildman–Crippen LogP) is 2.65. The highest BCUT2D eigenvalue weighted by Crippen LogP contribution is 2.24. The number of likely N-dealkylation sites (tertiary alicyclic amines) is 1. The SMILES string of the molecule is CCN(C(=O)CN1CCC(C)CC1CN)C1CCCCC1.Cl. The maximum absolute atomic E-state index is 12.7. The fourth-order valence-electron chi connectivity index (χ4n) is 4.05. The summed E-state index contributed by atoms with van der Waals surface area (Å²) >= 11 is 0. The molecular formula is C17H34ClN3O. The number of nitrogens with two attached hydrogens (primary N) is 1. The molecular weight excluding hydrogens is 298 g/mol. The lowest BCUT2D eigenvalue weighted by Crippen LogP contribution is -2.52. The number of carbonyl (C=O) groups is 1. The Balaban J connectivity index is 0.00000242. The van der Waals surface area contributed by atoms with E-state index in [4.69, 9.17) is 5.73 Å². The Morgan fingerprint density at radius 1 is 1.23 bits per heavy atom. The molecule has 1 saturated carbocycles. The Morgan fingerprint density at radius 3 is 2.50 bits per heavy atom. The molecule has 2 N–H and O–H groups in total. The minimum Gasteiger partial charge on any atom is -0.339 e. The van der Waals surface area contributed by atoms with Gasteiger partial charge in [0.1, 0.15) is 0 Å². The summed E-state index contributed by atoms with van der Waals surface area (Å²) in [4.78, 5) is 17.2. The summed E-state index contributed by atoms with van der Waals surface area (Å²) in [6.45, 7) is 7.53. The van der Waals surface area contributed by atoms with Crippen molar-refractivity contribution in [2.24, 2.45) is 11.7 Å². The van der Waals surface area contributed by atoms with Crippen LogP contribution in [-0.4, -0.2) is 54.0 Å². The smallest absolute Gasteiger partial charge is 0.236 e. The van der Waals surface area contributed by atoms with E-state index in [-0.39, 0.29) is 12.4 Å². The highest BCUT2D eigenvalue weighted by Gasteiger charge is 2.30. The number of hydrogen-bond donors (Lipinski definition) is 1. The Hall–Kier alpha value is -0.320. The number of piperidine rings is 1. The summed E-state index contributed by atoms with van der Waals surface area (Å²) in [6.07, 6.45) is 8.61. The highest BCUT2D eigenvalue weighted by atomic mass is 35.5. The molecule has 130 valence electrons. The van der Waals surface area contributed by atoms with E-state index in [0.29, 0.717) is 31.1 Å². The van der Waals surface area contributed by atoms with Crippen LogP contribution in [0, 0.1) is 5.92 Å². The van der Waals surface area contributed by atoms with Crippen LogP contribution in [0.5, 0.6) is 0 Å². The maximum Gasteiger partial charge on any atom is 0.236 e. The quantitative estimate of drug-likeness (QED) is 0.842. The molecule has 1 amide bonds. The molecule has 0 bridgehead atoms. The van der Waals surface area contributed by atoms with E-state index < -0.39 is 0 Å². The van der Waals surface area contributed by atoms with Gasteiger partial charge in [0.05, 0.1) is 6.54 Å². The van der Waals surface area contributed by atoms with Gasteiger partial charge in [-0.15, -0.1) is 12.4 Å². The Bertz CT molecular complexity index is 334. The van der Waals surface area contributed by atoms with Gasteiger partial charge in [0.15, 0.2) is 0 Å². The second kappa shape index (κ2) is 9.74.